The van der Waals surface area contributed by atoms with Crippen molar-refractivity contribution in [3.63, 3.8) is 0 Å². The number of rotatable bonds is 2. The number of benzene rings is 1. The summed E-state index contributed by atoms with van der Waals surface area (Å²) >= 11 is 0. The van der Waals surface area contributed by atoms with Gasteiger partial charge in [-0.3, -0.25) is 4.79 Å². The fourth-order valence-electron chi connectivity index (χ4n) is 2.21. The molecule has 1 saturated heterocycles. The molecule has 0 aromatic heterocycles. The third-order valence-electron chi connectivity index (χ3n) is 2.94. The van der Waals surface area contributed by atoms with Crippen molar-refractivity contribution in [3.8, 4) is 0 Å². The number of nitrogens with zero attached hydrogens (tertiary/aromatic N) is 1. The highest BCUT2D eigenvalue weighted by Crippen LogP contribution is 2.32. The number of likely N-dealkylation sites (tertiary alicyclic amines) is 1. The number of hydrogen-bond acceptors (Lipinski definition) is 1. The summed E-state index contributed by atoms with van der Waals surface area (Å²) < 4.78 is 13.1. The van der Waals surface area contributed by atoms with Gasteiger partial charge >= 0.3 is 0 Å². The number of carbonyl (C=O) groups is 1. The molecule has 0 bridgehead atoms. The molecule has 2 rings (SSSR count). The average molecular weight is 219 g/mol. The molecule has 1 heterocycles. The van der Waals surface area contributed by atoms with Crippen LogP contribution in [-0.2, 0) is 4.79 Å². The summed E-state index contributed by atoms with van der Waals surface area (Å²) in [5.74, 6) is -0.331. The second-order valence-corrected chi connectivity index (χ2v) is 3.95. The van der Waals surface area contributed by atoms with Crippen molar-refractivity contribution in [2.24, 2.45) is 0 Å². The molecular weight excluding hydrogens is 205 g/mol. The van der Waals surface area contributed by atoms with Crippen LogP contribution in [0.25, 0.3) is 0 Å². The van der Waals surface area contributed by atoms with E-state index >= 15 is 0 Å². The van der Waals surface area contributed by atoms with Gasteiger partial charge in [0.1, 0.15) is 5.82 Å². The van der Waals surface area contributed by atoms with Crippen molar-refractivity contribution in [3.05, 3.63) is 48.3 Å². The van der Waals surface area contributed by atoms with E-state index in [9.17, 15) is 9.18 Å². The van der Waals surface area contributed by atoms with Crippen molar-refractivity contribution in [1.82, 2.24) is 4.90 Å². The van der Waals surface area contributed by atoms with Gasteiger partial charge in [0.2, 0.25) is 5.91 Å². The van der Waals surface area contributed by atoms with Gasteiger partial charge in [0.05, 0.1) is 6.04 Å². The predicted octanol–water partition coefficient (Wildman–Crippen LogP) is 2.68. The Bertz CT molecular complexity index is 416. The molecule has 0 N–H and O–H groups in total. The maximum atomic E-state index is 13.1. The predicted molar refractivity (Wildman–Crippen MR) is 60.3 cm³/mol. The summed E-state index contributed by atoms with van der Waals surface area (Å²) in [4.78, 5) is 13.3. The van der Waals surface area contributed by atoms with Gasteiger partial charge in [-0.05, 0) is 36.6 Å². The minimum Gasteiger partial charge on any atom is -0.332 e. The molecule has 0 spiro atoms. The molecule has 1 aliphatic heterocycles. The van der Waals surface area contributed by atoms with Gasteiger partial charge in [0, 0.05) is 6.54 Å². The van der Waals surface area contributed by atoms with E-state index in [4.69, 9.17) is 0 Å². The highest BCUT2D eigenvalue weighted by Gasteiger charge is 2.28. The van der Waals surface area contributed by atoms with Crippen molar-refractivity contribution in [1.29, 1.82) is 0 Å². The van der Waals surface area contributed by atoms with Crippen LogP contribution in [0.4, 0.5) is 4.39 Å². The molecule has 1 fully saturated rings. The van der Waals surface area contributed by atoms with Gasteiger partial charge in [0.25, 0.3) is 0 Å². The van der Waals surface area contributed by atoms with Crippen LogP contribution >= 0.6 is 0 Å². The first-order chi connectivity index (χ1) is 7.72. The maximum Gasteiger partial charge on any atom is 0.246 e. The zero-order chi connectivity index (χ0) is 11.5. The lowest BCUT2D eigenvalue weighted by Crippen LogP contribution is -2.28. The molecule has 16 heavy (non-hydrogen) atoms. The Morgan fingerprint density at radius 2 is 2.38 bits per heavy atom. The summed E-state index contributed by atoms with van der Waals surface area (Å²) in [6, 6.07) is 6.46. The lowest BCUT2D eigenvalue weighted by atomic mass is 10.0. The third kappa shape index (κ3) is 1.98. The SMILES string of the molecule is C=CC(=O)N1CCC[C@H]1c1cccc(F)c1. The van der Waals surface area contributed by atoms with E-state index in [2.05, 4.69) is 6.58 Å². The number of hydrogen-bond donors (Lipinski definition) is 0. The van der Waals surface area contributed by atoms with Crippen LogP contribution in [0.1, 0.15) is 24.4 Å². The molecule has 1 aromatic rings. The van der Waals surface area contributed by atoms with E-state index in [0.717, 1.165) is 24.9 Å². The lowest BCUT2D eigenvalue weighted by molar-refractivity contribution is -0.126. The van der Waals surface area contributed by atoms with Crippen molar-refractivity contribution in [2.45, 2.75) is 18.9 Å². The highest BCUT2D eigenvalue weighted by molar-refractivity contribution is 5.87. The molecular formula is C13H14FNO. The molecule has 1 aliphatic rings. The fraction of sp³-hybridized carbons (Fsp3) is 0.308. The van der Waals surface area contributed by atoms with Gasteiger partial charge in [-0.1, -0.05) is 18.7 Å². The molecule has 0 unspecified atom stereocenters. The van der Waals surface area contributed by atoms with Gasteiger partial charge < -0.3 is 4.90 Å². The second-order valence-electron chi connectivity index (χ2n) is 3.95. The van der Waals surface area contributed by atoms with Gasteiger partial charge in [-0.15, -0.1) is 0 Å². The molecule has 0 aliphatic carbocycles. The topological polar surface area (TPSA) is 20.3 Å². The Balaban J connectivity index is 2.26. The average Bonchev–Trinajstić information content (AvgIpc) is 2.77. The van der Waals surface area contributed by atoms with Crippen molar-refractivity contribution >= 4 is 5.91 Å². The van der Waals surface area contributed by atoms with Crippen molar-refractivity contribution < 1.29 is 9.18 Å². The van der Waals surface area contributed by atoms with Gasteiger partial charge in [0.15, 0.2) is 0 Å². The quantitative estimate of drug-likeness (QED) is 0.700. The molecule has 1 atom stereocenters. The van der Waals surface area contributed by atoms with Crippen LogP contribution in [0.3, 0.4) is 0 Å². The zero-order valence-electron chi connectivity index (χ0n) is 9.03. The molecule has 1 aromatic carbocycles. The molecule has 0 radical (unpaired) electrons. The summed E-state index contributed by atoms with van der Waals surface area (Å²) in [6.45, 7) is 4.21. The maximum absolute atomic E-state index is 13.1. The van der Waals surface area contributed by atoms with E-state index in [1.807, 2.05) is 6.07 Å². The van der Waals surface area contributed by atoms with Crippen LogP contribution in [0.5, 0.6) is 0 Å². The van der Waals surface area contributed by atoms with Crippen LogP contribution in [0, 0.1) is 5.82 Å². The first-order valence-corrected chi connectivity index (χ1v) is 5.41. The van der Waals surface area contributed by atoms with Crippen LogP contribution in [0.15, 0.2) is 36.9 Å². The molecule has 3 heteroatoms. The highest BCUT2D eigenvalue weighted by atomic mass is 19.1. The smallest absolute Gasteiger partial charge is 0.246 e. The van der Waals surface area contributed by atoms with Crippen LogP contribution < -0.4 is 0 Å². The monoisotopic (exact) mass is 219 g/mol. The molecule has 2 nitrogen and oxygen atoms in total. The second kappa shape index (κ2) is 4.47. The minimum absolute atomic E-state index is 0.00111. The van der Waals surface area contributed by atoms with E-state index in [0.29, 0.717) is 0 Å². The summed E-state index contributed by atoms with van der Waals surface area (Å²) in [7, 11) is 0. The molecule has 1 amide bonds. The van der Waals surface area contributed by atoms with Gasteiger partial charge in [-0.25, -0.2) is 4.39 Å². The van der Waals surface area contributed by atoms with E-state index in [1.54, 1.807) is 11.0 Å². The number of amides is 1. The summed E-state index contributed by atoms with van der Waals surface area (Å²) in [5.41, 5.74) is 0.868. The summed E-state index contributed by atoms with van der Waals surface area (Å²) in [6.07, 6.45) is 3.17. The number of carbonyl (C=O) groups excluding carboxylic acids is 1. The normalized spacial score (nSPS) is 19.8. The third-order valence-corrected chi connectivity index (χ3v) is 2.94. The minimum atomic E-state index is -0.254. The Morgan fingerprint density at radius 1 is 1.56 bits per heavy atom. The Morgan fingerprint density at radius 3 is 3.06 bits per heavy atom. The van der Waals surface area contributed by atoms with Crippen LogP contribution in [0.2, 0.25) is 0 Å². The van der Waals surface area contributed by atoms with Crippen LogP contribution in [-0.4, -0.2) is 17.4 Å². The Kier molecular flexibility index (Phi) is 3.04. The zero-order valence-corrected chi connectivity index (χ0v) is 9.03. The lowest BCUT2D eigenvalue weighted by Gasteiger charge is -2.23. The molecule has 0 saturated carbocycles. The molecule has 84 valence electrons. The van der Waals surface area contributed by atoms with E-state index in [-0.39, 0.29) is 17.8 Å². The standard InChI is InChI=1S/C13H14FNO/c1-2-13(16)15-8-4-7-12(15)10-5-3-6-11(14)9-10/h2-3,5-6,9,12H,1,4,7-8H2/t12-/m0/s1. The first kappa shape index (κ1) is 10.9. The number of halogens is 1. The van der Waals surface area contributed by atoms with Gasteiger partial charge in [-0.2, -0.15) is 0 Å². The Hall–Kier alpha value is -1.64. The van der Waals surface area contributed by atoms with E-state index in [1.165, 1.54) is 18.2 Å². The van der Waals surface area contributed by atoms with E-state index < -0.39 is 0 Å². The fourth-order valence-corrected chi connectivity index (χ4v) is 2.21. The Labute approximate surface area is 94.4 Å². The summed E-state index contributed by atoms with van der Waals surface area (Å²) in [5, 5.41) is 0. The first-order valence-electron chi connectivity index (χ1n) is 5.41. The largest absolute Gasteiger partial charge is 0.332 e. The van der Waals surface area contributed by atoms with Crippen molar-refractivity contribution in [2.75, 3.05) is 6.54 Å².